The number of β-amino-alcohol motifs (C(OH)–C–C–N with tert-alkyl or cyclic N) is 1. The lowest BCUT2D eigenvalue weighted by molar-refractivity contribution is 0.162. The van der Waals surface area contributed by atoms with Crippen molar-refractivity contribution in [3.63, 3.8) is 0 Å². The van der Waals surface area contributed by atoms with Crippen LogP contribution in [0.25, 0.3) is 0 Å². The number of hydrogen-bond acceptors (Lipinski definition) is 4. The van der Waals surface area contributed by atoms with Gasteiger partial charge in [-0.1, -0.05) is 0 Å². The minimum absolute atomic E-state index is 0. The molecule has 6 heteroatoms. The summed E-state index contributed by atoms with van der Waals surface area (Å²) >= 11 is 0. The van der Waals surface area contributed by atoms with Gasteiger partial charge in [0.15, 0.2) is 5.88 Å². The molecule has 1 rings (SSSR count). The van der Waals surface area contributed by atoms with Crippen molar-refractivity contribution >= 4 is 0 Å². The lowest BCUT2D eigenvalue weighted by Gasteiger charge is -2.22. The molecule has 0 aliphatic rings. The highest BCUT2D eigenvalue weighted by atomic mass is 16.3. The van der Waals surface area contributed by atoms with Crippen LogP contribution in [0.3, 0.4) is 0 Å². The number of aliphatic hydroxyl groups is 1. The van der Waals surface area contributed by atoms with Gasteiger partial charge in [0.2, 0.25) is 0 Å². The van der Waals surface area contributed by atoms with Crippen LogP contribution in [0.1, 0.15) is 32.4 Å². The second kappa shape index (κ2) is 5.81. The van der Waals surface area contributed by atoms with E-state index in [0.717, 1.165) is 0 Å². The van der Waals surface area contributed by atoms with E-state index < -0.39 is 11.7 Å². The van der Waals surface area contributed by atoms with Crippen molar-refractivity contribution in [2.75, 3.05) is 6.54 Å². The van der Waals surface area contributed by atoms with Crippen molar-refractivity contribution in [2.24, 2.45) is 0 Å². The summed E-state index contributed by atoms with van der Waals surface area (Å²) in [5.74, 6) is -0.239. The zero-order valence-electron chi connectivity index (χ0n) is 10.2. The zero-order valence-corrected chi connectivity index (χ0v) is 10.2. The van der Waals surface area contributed by atoms with E-state index in [1.54, 1.807) is 0 Å². The molecule has 0 spiro atoms. The highest BCUT2D eigenvalue weighted by Gasteiger charge is 2.14. The lowest BCUT2D eigenvalue weighted by atomic mass is 10.1. The van der Waals surface area contributed by atoms with Gasteiger partial charge in [0.05, 0.1) is 6.10 Å². The van der Waals surface area contributed by atoms with E-state index in [1.165, 1.54) is 12.1 Å². The predicted molar refractivity (Wildman–Crippen MR) is 65.1 cm³/mol. The van der Waals surface area contributed by atoms with Crippen LogP contribution in [0.4, 0.5) is 0 Å². The first-order valence-electron chi connectivity index (χ1n) is 5.14. The number of aromatic amines is 1. The standard InChI is InChI=1S/C11H18N2O3.H2O/c1-11(2,3)12-6-8(14)7-4-9(15)13-10(16)5-7;/h4-5,8,12,14H,6H2,1-3H3,(H2,13,15,16);1H2. The lowest BCUT2D eigenvalue weighted by Crippen LogP contribution is -2.38. The van der Waals surface area contributed by atoms with Crippen LogP contribution in [0.2, 0.25) is 0 Å². The SMILES string of the molecule is CC(C)(C)NCC(O)c1cc(O)[nH]c(=O)c1.O. The second-order valence-electron chi connectivity index (χ2n) is 4.81. The van der Waals surface area contributed by atoms with Crippen molar-refractivity contribution in [3.05, 3.63) is 28.0 Å². The van der Waals surface area contributed by atoms with Crippen LogP contribution in [-0.2, 0) is 0 Å². The summed E-state index contributed by atoms with van der Waals surface area (Å²) in [5, 5.41) is 22.1. The Morgan fingerprint density at radius 3 is 2.47 bits per heavy atom. The molecular formula is C11H20N2O4. The summed E-state index contributed by atoms with van der Waals surface area (Å²) in [6, 6.07) is 2.62. The third kappa shape index (κ3) is 5.48. The first kappa shape index (κ1) is 15.6. The Balaban J connectivity index is 0.00000256. The van der Waals surface area contributed by atoms with Gasteiger partial charge in [-0.05, 0) is 26.3 Å². The Bertz CT molecular complexity index is 409. The third-order valence-corrected chi connectivity index (χ3v) is 2.06. The Kier molecular flexibility index (Phi) is 5.34. The van der Waals surface area contributed by atoms with E-state index in [2.05, 4.69) is 10.3 Å². The average Bonchev–Trinajstić information content (AvgIpc) is 2.11. The molecule has 0 amide bonds. The molecule has 0 fully saturated rings. The highest BCUT2D eigenvalue weighted by Crippen LogP contribution is 2.14. The van der Waals surface area contributed by atoms with E-state index in [1.807, 2.05) is 20.8 Å². The molecule has 1 atom stereocenters. The first-order valence-corrected chi connectivity index (χ1v) is 5.14. The van der Waals surface area contributed by atoms with Crippen LogP contribution in [0, 0.1) is 0 Å². The molecule has 0 aromatic carbocycles. The van der Waals surface area contributed by atoms with Gasteiger partial charge in [-0.3, -0.25) is 9.78 Å². The smallest absolute Gasteiger partial charge is 0.251 e. The molecule has 17 heavy (non-hydrogen) atoms. The van der Waals surface area contributed by atoms with Crippen molar-refractivity contribution in [3.8, 4) is 5.88 Å². The third-order valence-electron chi connectivity index (χ3n) is 2.06. The maximum Gasteiger partial charge on any atom is 0.251 e. The summed E-state index contributed by atoms with van der Waals surface area (Å²) in [6.07, 6.45) is -0.813. The molecule has 1 heterocycles. The van der Waals surface area contributed by atoms with Crippen LogP contribution in [-0.4, -0.2) is 32.8 Å². The molecule has 1 aromatic heterocycles. The van der Waals surface area contributed by atoms with Gasteiger partial charge in [-0.15, -0.1) is 0 Å². The van der Waals surface area contributed by atoms with Crippen LogP contribution in [0.5, 0.6) is 5.88 Å². The summed E-state index contributed by atoms with van der Waals surface area (Å²) in [5.41, 5.74) is -0.132. The molecule has 1 aromatic rings. The molecule has 6 N–H and O–H groups in total. The fourth-order valence-electron chi connectivity index (χ4n) is 1.26. The molecular weight excluding hydrogens is 224 g/mol. The number of aromatic nitrogens is 1. The van der Waals surface area contributed by atoms with Gasteiger partial charge in [-0.2, -0.15) is 0 Å². The average molecular weight is 244 g/mol. The molecule has 1 unspecified atom stereocenters. The van der Waals surface area contributed by atoms with Gasteiger partial charge < -0.3 is 21.0 Å². The summed E-state index contributed by atoms with van der Waals surface area (Å²) < 4.78 is 0. The molecule has 6 nitrogen and oxygen atoms in total. The first-order chi connectivity index (χ1) is 7.28. The van der Waals surface area contributed by atoms with Gasteiger partial charge in [0.25, 0.3) is 5.56 Å². The molecule has 0 saturated carbocycles. The van der Waals surface area contributed by atoms with Gasteiger partial charge in [0.1, 0.15) is 0 Å². The van der Waals surface area contributed by atoms with Crippen molar-refractivity contribution < 1.29 is 15.7 Å². The van der Waals surface area contributed by atoms with E-state index in [9.17, 15) is 15.0 Å². The van der Waals surface area contributed by atoms with E-state index in [4.69, 9.17) is 0 Å². The number of H-pyrrole nitrogens is 1. The Labute approximate surface area is 99.6 Å². The molecule has 0 aliphatic heterocycles. The number of aromatic hydroxyl groups is 1. The molecule has 0 aliphatic carbocycles. The number of aliphatic hydroxyl groups excluding tert-OH is 1. The topological polar surface area (TPSA) is 117 Å². The quantitative estimate of drug-likeness (QED) is 0.582. The predicted octanol–water partition coefficient (Wildman–Crippen LogP) is -0.323. The van der Waals surface area contributed by atoms with Gasteiger partial charge >= 0.3 is 0 Å². The second-order valence-corrected chi connectivity index (χ2v) is 4.81. The van der Waals surface area contributed by atoms with Crippen molar-refractivity contribution in [1.29, 1.82) is 0 Å². The Morgan fingerprint density at radius 1 is 1.41 bits per heavy atom. The molecule has 0 bridgehead atoms. The van der Waals surface area contributed by atoms with Crippen LogP contribution in [0.15, 0.2) is 16.9 Å². The monoisotopic (exact) mass is 244 g/mol. The zero-order chi connectivity index (χ0) is 12.3. The van der Waals surface area contributed by atoms with Crippen molar-refractivity contribution in [2.45, 2.75) is 32.4 Å². The number of pyridine rings is 1. The largest absolute Gasteiger partial charge is 0.495 e. The summed E-state index contributed by atoms with van der Waals surface area (Å²) in [7, 11) is 0. The van der Waals surface area contributed by atoms with Crippen LogP contribution < -0.4 is 10.9 Å². The highest BCUT2D eigenvalue weighted by molar-refractivity contribution is 5.21. The number of nitrogens with one attached hydrogen (secondary N) is 2. The maximum absolute atomic E-state index is 11.1. The minimum atomic E-state index is -0.813. The van der Waals surface area contributed by atoms with E-state index in [-0.39, 0.29) is 16.9 Å². The normalized spacial score (nSPS) is 12.9. The fraction of sp³-hybridized carbons (Fsp3) is 0.545. The summed E-state index contributed by atoms with van der Waals surface area (Å²) in [6.45, 7) is 6.27. The van der Waals surface area contributed by atoms with Crippen LogP contribution >= 0.6 is 0 Å². The van der Waals surface area contributed by atoms with Crippen molar-refractivity contribution in [1.82, 2.24) is 10.3 Å². The maximum atomic E-state index is 11.1. The number of hydrogen-bond donors (Lipinski definition) is 4. The summed E-state index contributed by atoms with van der Waals surface area (Å²) in [4.78, 5) is 13.3. The number of rotatable bonds is 3. The molecule has 0 radical (unpaired) electrons. The van der Waals surface area contributed by atoms with E-state index >= 15 is 0 Å². The van der Waals surface area contributed by atoms with Gasteiger partial charge in [0, 0.05) is 24.2 Å². The van der Waals surface area contributed by atoms with Gasteiger partial charge in [-0.25, -0.2) is 0 Å². The minimum Gasteiger partial charge on any atom is -0.495 e. The van der Waals surface area contributed by atoms with E-state index in [0.29, 0.717) is 12.1 Å². The fourth-order valence-corrected chi connectivity index (χ4v) is 1.26. The molecule has 0 saturated heterocycles. The Hall–Kier alpha value is -1.37. The molecule has 98 valence electrons. The Morgan fingerprint density at radius 2 is 2.00 bits per heavy atom.